The zero-order valence-electron chi connectivity index (χ0n) is 18.7. The van der Waals surface area contributed by atoms with Crippen LogP contribution in [-0.4, -0.2) is 25.5 Å². The molecule has 3 aromatic carbocycles. The monoisotopic (exact) mass is 465 g/mol. The summed E-state index contributed by atoms with van der Waals surface area (Å²) in [6.07, 6.45) is 1.51. The molecule has 0 fully saturated rings. The average molecular weight is 466 g/mol. The number of esters is 1. The van der Waals surface area contributed by atoms with Crippen LogP contribution in [-0.2, 0) is 22.4 Å². The number of amidine groups is 1. The van der Waals surface area contributed by atoms with E-state index in [0.717, 1.165) is 12.0 Å². The van der Waals surface area contributed by atoms with Gasteiger partial charge < -0.3 is 20.5 Å². The molecule has 172 valence electrons. The van der Waals surface area contributed by atoms with E-state index in [1.54, 1.807) is 30.3 Å². The number of hydrogen-bond donors (Lipinski definition) is 3. The first-order valence-corrected chi connectivity index (χ1v) is 11.1. The first kappa shape index (κ1) is 24.1. The van der Waals surface area contributed by atoms with Crippen molar-refractivity contribution in [3.05, 3.63) is 94.0 Å². The lowest BCUT2D eigenvalue weighted by Crippen LogP contribution is -2.24. The van der Waals surface area contributed by atoms with Crippen molar-refractivity contribution in [1.82, 2.24) is 0 Å². The van der Waals surface area contributed by atoms with E-state index in [1.807, 2.05) is 31.2 Å². The maximum Gasteiger partial charge on any atom is 0.333 e. The van der Waals surface area contributed by atoms with E-state index in [4.69, 9.17) is 32.2 Å². The van der Waals surface area contributed by atoms with Gasteiger partial charge in [0.2, 0.25) is 0 Å². The zero-order valence-corrected chi connectivity index (χ0v) is 19.5. The van der Waals surface area contributed by atoms with E-state index >= 15 is 0 Å². The van der Waals surface area contributed by atoms with Crippen LogP contribution in [0.25, 0.3) is 0 Å². The van der Waals surface area contributed by atoms with Crippen molar-refractivity contribution >= 4 is 29.1 Å². The van der Waals surface area contributed by atoms with Crippen molar-refractivity contribution in [2.24, 2.45) is 5.73 Å². The van der Waals surface area contributed by atoms with Crippen molar-refractivity contribution in [2.45, 2.75) is 25.8 Å². The first-order valence-electron chi connectivity index (χ1n) is 10.7. The zero-order chi connectivity index (χ0) is 23.8. The molecule has 0 saturated carbocycles. The van der Waals surface area contributed by atoms with Crippen molar-refractivity contribution < 1.29 is 14.3 Å². The number of ether oxygens (including phenoxy) is 2. The van der Waals surface area contributed by atoms with Gasteiger partial charge in [0.1, 0.15) is 11.6 Å². The summed E-state index contributed by atoms with van der Waals surface area (Å²) in [6, 6.07) is 19.9. The van der Waals surface area contributed by atoms with Gasteiger partial charge in [0.15, 0.2) is 6.04 Å². The van der Waals surface area contributed by atoms with E-state index in [1.165, 1.54) is 12.7 Å². The predicted octanol–water partition coefficient (Wildman–Crippen LogP) is 5.13. The number of nitrogens with two attached hydrogens (primary N) is 1. The van der Waals surface area contributed by atoms with E-state index in [2.05, 4.69) is 17.4 Å². The van der Waals surface area contributed by atoms with Crippen LogP contribution in [0.1, 0.15) is 35.2 Å². The number of carbonyl (C=O) groups is 1. The second-order valence-corrected chi connectivity index (χ2v) is 7.93. The van der Waals surface area contributed by atoms with Crippen LogP contribution in [0, 0.1) is 5.41 Å². The van der Waals surface area contributed by atoms with Crippen LogP contribution in [0.4, 0.5) is 5.69 Å². The molecule has 0 heterocycles. The van der Waals surface area contributed by atoms with Crippen LogP contribution >= 0.6 is 11.6 Å². The summed E-state index contributed by atoms with van der Waals surface area (Å²) in [4.78, 5) is 12.8. The lowest BCUT2D eigenvalue weighted by Gasteiger charge is -2.23. The Bertz CT molecular complexity index is 1100. The molecular weight excluding hydrogens is 438 g/mol. The summed E-state index contributed by atoms with van der Waals surface area (Å²) in [5, 5.41) is 11.3. The average Bonchev–Trinajstić information content (AvgIpc) is 2.83. The number of rotatable bonds is 10. The Kier molecular flexibility index (Phi) is 8.33. The summed E-state index contributed by atoms with van der Waals surface area (Å²) < 4.78 is 11.1. The lowest BCUT2D eigenvalue weighted by molar-refractivity contribution is -0.141. The minimum absolute atomic E-state index is 0.0254. The van der Waals surface area contributed by atoms with Gasteiger partial charge in [0.05, 0.1) is 13.7 Å². The molecule has 1 atom stereocenters. The van der Waals surface area contributed by atoms with Crippen LogP contribution in [0.2, 0.25) is 5.02 Å². The Morgan fingerprint density at radius 3 is 2.39 bits per heavy atom. The number of anilines is 1. The molecule has 0 aliphatic carbocycles. The number of benzene rings is 3. The minimum atomic E-state index is -0.839. The molecule has 0 aliphatic rings. The van der Waals surface area contributed by atoms with Gasteiger partial charge in [-0.25, -0.2) is 4.79 Å². The standard InChI is InChI=1S/C26H28ClN3O3/c1-3-33-24-19(10-9-17-7-5-4-6-8-17)15-20(27)16-22(24)23(26(31)32-2)30-21-13-11-18(12-14-21)25(28)29/h4-8,11-16,23,30H,3,9-10H2,1-2H3,(H3,28,29). The number of carbonyl (C=O) groups excluding carboxylic acids is 1. The van der Waals surface area contributed by atoms with Gasteiger partial charge in [0, 0.05) is 21.8 Å². The fourth-order valence-corrected chi connectivity index (χ4v) is 3.86. The normalized spacial score (nSPS) is 11.5. The SMILES string of the molecule is CCOc1c(CCc2ccccc2)cc(Cl)cc1C(Nc1ccc(C(=N)N)cc1)C(=O)OC. The molecule has 4 N–H and O–H groups in total. The molecule has 0 aromatic heterocycles. The number of nitrogens with one attached hydrogen (secondary N) is 2. The molecule has 3 rings (SSSR count). The Hall–Kier alpha value is -3.51. The Morgan fingerprint density at radius 2 is 1.79 bits per heavy atom. The summed E-state index contributed by atoms with van der Waals surface area (Å²) in [5.74, 6) is 0.131. The smallest absolute Gasteiger partial charge is 0.333 e. The third-order valence-corrected chi connectivity index (χ3v) is 5.45. The van der Waals surface area contributed by atoms with Gasteiger partial charge in [-0.2, -0.15) is 0 Å². The highest BCUT2D eigenvalue weighted by molar-refractivity contribution is 6.30. The molecular formula is C26H28ClN3O3. The van der Waals surface area contributed by atoms with Crippen molar-refractivity contribution in [3.8, 4) is 5.75 Å². The molecule has 33 heavy (non-hydrogen) atoms. The quantitative estimate of drug-likeness (QED) is 0.219. The maximum atomic E-state index is 12.8. The molecule has 3 aromatic rings. The lowest BCUT2D eigenvalue weighted by atomic mass is 9.97. The van der Waals surface area contributed by atoms with Gasteiger partial charge in [-0.15, -0.1) is 0 Å². The highest BCUT2D eigenvalue weighted by Gasteiger charge is 2.27. The van der Waals surface area contributed by atoms with Crippen LogP contribution in [0.5, 0.6) is 5.75 Å². The molecule has 6 nitrogen and oxygen atoms in total. The van der Waals surface area contributed by atoms with Gasteiger partial charge in [-0.05, 0) is 67.3 Å². The molecule has 0 amide bonds. The van der Waals surface area contributed by atoms with Crippen molar-refractivity contribution in [1.29, 1.82) is 5.41 Å². The fourth-order valence-electron chi connectivity index (χ4n) is 3.61. The summed E-state index contributed by atoms with van der Waals surface area (Å²) in [6.45, 7) is 2.34. The van der Waals surface area contributed by atoms with Crippen molar-refractivity contribution in [3.63, 3.8) is 0 Å². The number of aryl methyl sites for hydroxylation is 2. The fraction of sp³-hybridized carbons (Fsp3) is 0.231. The number of hydrogen-bond acceptors (Lipinski definition) is 5. The van der Waals surface area contributed by atoms with Gasteiger partial charge in [-0.3, -0.25) is 5.41 Å². The first-order chi connectivity index (χ1) is 15.9. The molecule has 0 spiro atoms. The number of nitrogen functional groups attached to an aromatic ring is 1. The van der Waals surface area contributed by atoms with E-state index in [-0.39, 0.29) is 5.84 Å². The Labute approximate surface area is 199 Å². The highest BCUT2D eigenvalue weighted by Crippen LogP contribution is 2.36. The molecule has 1 unspecified atom stereocenters. The highest BCUT2D eigenvalue weighted by atomic mass is 35.5. The van der Waals surface area contributed by atoms with Crippen LogP contribution in [0.15, 0.2) is 66.7 Å². The summed E-state index contributed by atoms with van der Waals surface area (Å²) in [5.41, 5.74) is 9.54. The summed E-state index contributed by atoms with van der Waals surface area (Å²) in [7, 11) is 1.34. The van der Waals surface area contributed by atoms with Gasteiger partial charge in [-0.1, -0.05) is 41.9 Å². The van der Waals surface area contributed by atoms with Crippen molar-refractivity contribution in [2.75, 3.05) is 19.0 Å². The van der Waals surface area contributed by atoms with E-state index < -0.39 is 12.0 Å². The molecule has 0 radical (unpaired) electrons. The van der Waals surface area contributed by atoms with E-state index in [0.29, 0.717) is 40.6 Å². The second kappa shape index (κ2) is 11.4. The van der Waals surface area contributed by atoms with Crippen LogP contribution < -0.4 is 15.8 Å². The van der Waals surface area contributed by atoms with Crippen LogP contribution in [0.3, 0.4) is 0 Å². The number of halogens is 1. The third-order valence-electron chi connectivity index (χ3n) is 5.23. The molecule has 7 heteroatoms. The Balaban J connectivity index is 1.98. The topological polar surface area (TPSA) is 97.4 Å². The largest absolute Gasteiger partial charge is 0.493 e. The third kappa shape index (κ3) is 6.26. The predicted molar refractivity (Wildman–Crippen MR) is 132 cm³/mol. The second-order valence-electron chi connectivity index (χ2n) is 7.49. The minimum Gasteiger partial charge on any atom is -0.493 e. The van der Waals surface area contributed by atoms with Gasteiger partial charge in [0.25, 0.3) is 0 Å². The molecule has 0 bridgehead atoms. The molecule has 0 aliphatic heterocycles. The van der Waals surface area contributed by atoms with E-state index in [9.17, 15) is 4.79 Å². The van der Waals surface area contributed by atoms with Gasteiger partial charge >= 0.3 is 5.97 Å². The Morgan fingerprint density at radius 1 is 1.09 bits per heavy atom. The maximum absolute atomic E-state index is 12.8. The summed E-state index contributed by atoms with van der Waals surface area (Å²) >= 11 is 6.48. The molecule has 0 saturated heterocycles. The number of methoxy groups -OCH3 is 1.